The standard InChI is InChI=1S/C22H29FN4O2/c23-19-7-5-18(6-8-19)15-21(29)27-13-11-26(12-14-27)16-20(28)25-22(17-24)9-3-1-2-4-10-22/h5-8H,1-4,9-16H2,(H,25,28). The number of nitrogens with zero attached hydrogens (tertiary/aromatic N) is 3. The van der Waals surface area contributed by atoms with Gasteiger partial charge in [-0.15, -0.1) is 0 Å². The lowest BCUT2D eigenvalue weighted by Crippen LogP contribution is -2.54. The van der Waals surface area contributed by atoms with Crippen molar-refractivity contribution in [3.05, 3.63) is 35.6 Å². The Morgan fingerprint density at radius 1 is 1.03 bits per heavy atom. The molecule has 0 spiro atoms. The van der Waals surface area contributed by atoms with Crippen LogP contribution in [0.25, 0.3) is 0 Å². The summed E-state index contributed by atoms with van der Waals surface area (Å²) in [5, 5.41) is 12.6. The van der Waals surface area contributed by atoms with E-state index in [4.69, 9.17) is 0 Å². The summed E-state index contributed by atoms with van der Waals surface area (Å²) < 4.78 is 13.0. The smallest absolute Gasteiger partial charge is 0.235 e. The molecule has 0 radical (unpaired) electrons. The van der Waals surface area contributed by atoms with Crippen molar-refractivity contribution in [1.82, 2.24) is 15.1 Å². The second-order valence-corrected chi connectivity index (χ2v) is 8.12. The molecule has 1 aliphatic carbocycles. The molecule has 2 fully saturated rings. The Labute approximate surface area is 171 Å². The molecule has 2 aliphatic rings. The number of carbonyl (C=O) groups excluding carboxylic acids is 2. The maximum absolute atomic E-state index is 13.0. The number of rotatable bonds is 5. The average Bonchev–Trinajstić information content (AvgIpc) is 2.96. The van der Waals surface area contributed by atoms with Crippen LogP contribution in [-0.4, -0.2) is 59.9 Å². The van der Waals surface area contributed by atoms with Gasteiger partial charge in [-0.25, -0.2) is 4.39 Å². The van der Waals surface area contributed by atoms with Crippen molar-refractivity contribution in [1.29, 1.82) is 5.26 Å². The first-order valence-corrected chi connectivity index (χ1v) is 10.5. The molecule has 2 amide bonds. The topological polar surface area (TPSA) is 76.4 Å². The highest BCUT2D eigenvalue weighted by Gasteiger charge is 2.33. The van der Waals surface area contributed by atoms with E-state index >= 15 is 0 Å². The van der Waals surface area contributed by atoms with Gasteiger partial charge in [-0.05, 0) is 30.5 Å². The van der Waals surface area contributed by atoms with Crippen molar-refractivity contribution >= 4 is 11.8 Å². The van der Waals surface area contributed by atoms with E-state index in [9.17, 15) is 19.2 Å². The number of piperazine rings is 1. The van der Waals surface area contributed by atoms with Crippen molar-refractivity contribution in [2.24, 2.45) is 0 Å². The van der Waals surface area contributed by atoms with Crippen molar-refractivity contribution in [3.8, 4) is 6.07 Å². The van der Waals surface area contributed by atoms with Crippen LogP contribution in [0.4, 0.5) is 4.39 Å². The predicted octanol–water partition coefficient (Wildman–Crippen LogP) is 2.25. The third-order valence-corrected chi connectivity index (χ3v) is 5.91. The molecule has 29 heavy (non-hydrogen) atoms. The van der Waals surface area contributed by atoms with E-state index in [0.29, 0.717) is 26.2 Å². The lowest BCUT2D eigenvalue weighted by Gasteiger charge is -2.35. The lowest BCUT2D eigenvalue weighted by molar-refractivity contribution is -0.132. The van der Waals surface area contributed by atoms with Crippen LogP contribution in [0.15, 0.2) is 24.3 Å². The Kier molecular flexibility index (Phi) is 7.21. The average molecular weight is 400 g/mol. The number of benzene rings is 1. The third kappa shape index (κ3) is 6.01. The van der Waals surface area contributed by atoms with Gasteiger partial charge in [0.15, 0.2) is 0 Å². The summed E-state index contributed by atoms with van der Waals surface area (Å²) in [5.74, 6) is -0.405. The van der Waals surface area contributed by atoms with Crippen LogP contribution in [0, 0.1) is 17.1 Å². The molecule has 0 atom stereocenters. The van der Waals surface area contributed by atoms with Crippen LogP contribution in [0.2, 0.25) is 0 Å². The number of hydrogen-bond acceptors (Lipinski definition) is 4. The van der Waals surface area contributed by atoms with E-state index in [0.717, 1.165) is 44.1 Å². The van der Waals surface area contributed by atoms with Crippen LogP contribution in [0.3, 0.4) is 0 Å². The summed E-state index contributed by atoms with van der Waals surface area (Å²) >= 11 is 0. The Balaban J connectivity index is 1.44. The summed E-state index contributed by atoms with van der Waals surface area (Å²) in [6.07, 6.45) is 5.89. The Hall–Kier alpha value is -2.46. The summed E-state index contributed by atoms with van der Waals surface area (Å²) in [5.41, 5.74) is 0.0731. The van der Waals surface area contributed by atoms with Gasteiger partial charge < -0.3 is 10.2 Å². The van der Waals surface area contributed by atoms with Gasteiger partial charge in [0.05, 0.1) is 19.0 Å². The fourth-order valence-corrected chi connectivity index (χ4v) is 4.15. The second kappa shape index (κ2) is 9.84. The first-order chi connectivity index (χ1) is 14.0. The van der Waals surface area contributed by atoms with Crippen molar-refractivity contribution < 1.29 is 14.0 Å². The Morgan fingerprint density at radius 2 is 1.66 bits per heavy atom. The van der Waals surface area contributed by atoms with E-state index in [1.54, 1.807) is 17.0 Å². The van der Waals surface area contributed by atoms with Crippen LogP contribution < -0.4 is 5.32 Å². The molecule has 1 aliphatic heterocycles. The van der Waals surface area contributed by atoms with E-state index in [1.807, 2.05) is 4.90 Å². The van der Waals surface area contributed by atoms with Gasteiger partial charge in [0, 0.05) is 26.2 Å². The Bertz CT molecular complexity index is 743. The van der Waals surface area contributed by atoms with E-state index in [-0.39, 0.29) is 30.6 Å². The number of halogens is 1. The molecule has 6 nitrogen and oxygen atoms in total. The van der Waals surface area contributed by atoms with Crippen LogP contribution >= 0.6 is 0 Å². The molecule has 1 saturated carbocycles. The quantitative estimate of drug-likeness (QED) is 0.769. The minimum absolute atomic E-state index is 0.0163. The maximum Gasteiger partial charge on any atom is 0.235 e. The third-order valence-electron chi connectivity index (χ3n) is 5.91. The number of nitriles is 1. The minimum Gasteiger partial charge on any atom is -0.340 e. The predicted molar refractivity (Wildman–Crippen MR) is 107 cm³/mol. The van der Waals surface area contributed by atoms with Crippen molar-refractivity contribution in [2.45, 2.75) is 50.5 Å². The first-order valence-electron chi connectivity index (χ1n) is 10.5. The van der Waals surface area contributed by atoms with Gasteiger partial charge >= 0.3 is 0 Å². The largest absolute Gasteiger partial charge is 0.340 e. The molecule has 1 aromatic rings. The maximum atomic E-state index is 13.0. The minimum atomic E-state index is -0.722. The second-order valence-electron chi connectivity index (χ2n) is 8.12. The lowest BCUT2D eigenvalue weighted by atomic mass is 9.92. The molecule has 3 rings (SSSR count). The highest BCUT2D eigenvalue weighted by Crippen LogP contribution is 2.26. The molecule has 1 saturated heterocycles. The van der Waals surface area contributed by atoms with Crippen LogP contribution in [-0.2, 0) is 16.0 Å². The van der Waals surface area contributed by atoms with Crippen LogP contribution in [0.1, 0.15) is 44.1 Å². The van der Waals surface area contributed by atoms with Gasteiger partial charge in [-0.2, -0.15) is 5.26 Å². The van der Waals surface area contributed by atoms with Gasteiger partial charge in [0.2, 0.25) is 11.8 Å². The normalized spacial score (nSPS) is 19.8. The fraction of sp³-hybridized carbons (Fsp3) is 0.591. The molecular formula is C22H29FN4O2. The van der Waals surface area contributed by atoms with Gasteiger partial charge in [-0.3, -0.25) is 14.5 Å². The van der Waals surface area contributed by atoms with E-state index in [1.165, 1.54) is 12.1 Å². The molecule has 1 aromatic carbocycles. The number of amides is 2. The summed E-state index contributed by atoms with van der Waals surface area (Å²) in [6, 6.07) is 8.34. The van der Waals surface area contributed by atoms with E-state index in [2.05, 4.69) is 11.4 Å². The zero-order valence-electron chi connectivity index (χ0n) is 16.8. The molecule has 0 bridgehead atoms. The van der Waals surface area contributed by atoms with Crippen LogP contribution in [0.5, 0.6) is 0 Å². The number of hydrogen-bond donors (Lipinski definition) is 1. The Morgan fingerprint density at radius 3 is 2.24 bits per heavy atom. The molecule has 0 unspecified atom stereocenters. The highest BCUT2D eigenvalue weighted by atomic mass is 19.1. The summed E-state index contributed by atoms with van der Waals surface area (Å²) in [7, 11) is 0. The molecule has 156 valence electrons. The zero-order valence-corrected chi connectivity index (χ0v) is 16.8. The molecule has 1 heterocycles. The summed E-state index contributed by atoms with van der Waals surface area (Å²) in [4.78, 5) is 28.8. The SMILES string of the molecule is N#CC1(NC(=O)CN2CCN(C(=O)Cc3ccc(F)cc3)CC2)CCCCCC1. The van der Waals surface area contributed by atoms with Gasteiger partial charge in [-0.1, -0.05) is 37.8 Å². The first kappa shape index (κ1) is 21.3. The molecule has 1 N–H and O–H groups in total. The molecule has 0 aromatic heterocycles. The monoisotopic (exact) mass is 400 g/mol. The van der Waals surface area contributed by atoms with E-state index < -0.39 is 5.54 Å². The fourth-order valence-electron chi connectivity index (χ4n) is 4.15. The molecule has 7 heteroatoms. The summed E-state index contributed by atoms with van der Waals surface area (Å²) in [6.45, 7) is 2.64. The number of nitrogens with one attached hydrogen (secondary N) is 1. The van der Waals surface area contributed by atoms with Crippen molar-refractivity contribution in [3.63, 3.8) is 0 Å². The zero-order chi connectivity index (χ0) is 20.7. The number of carbonyl (C=O) groups is 2. The molecular weight excluding hydrogens is 371 g/mol. The van der Waals surface area contributed by atoms with Crippen molar-refractivity contribution in [2.75, 3.05) is 32.7 Å². The van der Waals surface area contributed by atoms with Gasteiger partial charge in [0.1, 0.15) is 11.4 Å². The highest BCUT2D eigenvalue weighted by molar-refractivity contribution is 5.80. The van der Waals surface area contributed by atoms with Gasteiger partial charge in [0.25, 0.3) is 0 Å².